The van der Waals surface area contributed by atoms with E-state index in [2.05, 4.69) is 21.2 Å². The molecule has 37 heavy (non-hydrogen) atoms. The van der Waals surface area contributed by atoms with Crippen LogP contribution in [0.5, 0.6) is 5.75 Å². The third-order valence-corrected chi connectivity index (χ3v) is 7.17. The van der Waals surface area contributed by atoms with Crippen molar-refractivity contribution in [3.05, 3.63) is 111 Å². The Kier molecular flexibility index (Phi) is 6.82. The van der Waals surface area contributed by atoms with Crippen LogP contribution in [-0.4, -0.2) is 17.8 Å². The van der Waals surface area contributed by atoms with Crippen molar-refractivity contribution < 1.29 is 19.1 Å². The number of carbonyl (C=O) groups excluding carboxylic acids is 3. The third-order valence-electron chi connectivity index (χ3n) is 6.03. The molecule has 4 aromatic rings. The summed E-state index contributed by atoms with van der Waals surface area (Å²) in [4.78, 5) is 40.0. The van der Waals surface area contributed by atoms with Gasteiger partial charge in [-0.25, -0.2) is 9.69 Å². The van der Waals surface area contributed by atoms with E-state index in [1.807, 2.05) is 49.4 Å². The predicted molar refractivity (Wildman–Crippen MR) is 148 cm³/mol. The molecule has 0 bridgehead atoms. The average Bonchev–Trinajstić information content (AvgIpc) is 2.88. The molecule has 1 aliphatic rings. The van der Waals surface area contributed by atoms with E-state index in [0.29, 0.717) is 22.0 Å². The zero-order valence-electron chi connectivity index (χ0n) is 19.6. The van der Waals surface area contributed by atoms with Gasteiger partial charge in [-0.2, -0.15) is 0 Å². The summed E-state index contributed by atoms with van der Waals surface area (Å²) in [5.74, 6) is -0.992. The van der Waals surface area contributed by atoms with Gasteiger partial charge in [-0.15, -0.1) is 0 Å². The first-order chi connectivity index (χ1) is 17.8. The number of anilines is 1. The molecule has 4 amide bonds. The molecule has 0 atom stereocenters. The van der Waals surface area contributed by atoms with Gasteiger partial charge in [-0.3, -0.25) is 14.9 Å². The Morgan fingerprint density at radius 1 is 0.973 bits per heavy atom. The number of amides is 4. The fourth-order valence-corrected chi connectivity index (χ4v) is 4.47. The third kappa shape index (κ3) is 5.01. The van der Waals surface area contributed by atoms with E-state index in [1.165, 1.54) is 6.08 Å². The molecule has 8 heteroatoms. The quantitative estimate of drug-likeness (QED) is 0.210. The van der Waals surface area contributed by atoms with E-state index in [4.69, 9.17) is 16.3 Å². The van der Waals surface area contributed by atoms with Gasteiger partial charge >= 0.3 is 6.03 Å². The first kappa shape index (κ1) is 24.7. The minimum absolute atomic E-state index is 0.173. The highest BCUT2D eigenvalue weighted by atomic mass is 79.9. The molecule has 4 aromatic carbocycles. The number of hydrogen-bond acceptors (Lipinski definition) is 4. The summed E-state index contributed by atoms with van der Waals surface area (Å²) in [6.45, 7) is 2.11. The molecule has 1 saturated heterocycles. The largest absolute Gasteiger partial charge is 0.488 e. The van der Waals surface area contributed by atoms with E-state index in [1.54, 1.807) is 36.4 Å². The number of imide groups is 2. The number of urea groups is 1. The molecule has 0 saturated carbocycles. The summed E-state index contributed by atoms with van der Waals surface area (Å²) >= 11 is 9.41. The molecule has 0 spiro atoms. The number of nitrogens with zero attached hydrogens (tertiary/aromatic N) is 1. The predicted octanol–water partition coefficient (Wildman–Crippen LogP) is 6.81. The lowest BCUT2D eigenvalue weighted by atomic mass is 9.99. The minimum atomic E-state index is -0.800. The molecular formula is C29H20BrClN2O4. The highest BCUT2D eigenvalue weighted by Crippen LogP contribution is 2.33. The number of carbonyl (C=O) groups is 3. The van der Waals surface area contributed by atoms with Crippen LogP contribution in [0.4, 0.5) is 10.5 Å². The first-order valence-corrected chi connectivity index (χ1v) is 12.6. The summed E-state index contributed by atoms with van der Waals surface area (Å²) in [5, 5.41) is 4.62. The molecule has 1 N–H and O–H groups in total. The van der Waals surface area contributed by atoms with Gasteiger partial charge in [-0.05, 0) is 71.3 Å². The number of rotatable bonds is 5. The Labute approximate surface area is 226 Å². The topological polar surface area (TPSA) is 75.7 Å². The number of halogens is 2. The molecule has 184 valence electrons. The molecule has 0 aliphatic carbocycles. The number of barbiturate groups is 1. The van der Waals surface area contributed by atoms with Crippen molar-refractivity contribution in [1.82, 2.24) is 5.32 Å². The first-order valence-electron chi connectivity index (χ1n) is 11.4. The second kappa shape index (κ2) is 10.2. The van der Waals surface area contributed by atoms with Crippen molar-refractivity contribution in [3.63, 3.8) is 0 Å². The summed E-state index contributed by atoms with van der Waals surface area (Å²) in [7, 11) is 0. The average molecular weight is 576 g/mol. The van der Waals surface area contributed by atoms with E-state index >= 15 is 0 Å². The fraction of sp³-hybridized carbons (Fsp3) is 0.0690. The second-order valence-electron chi connectivity index (χ2n) is 8.50. The van der Waals surface area contributed by atoms with Crippen molar-refractivity contribution in [2.45, 2.75) is 13.5 Å². The van der Waals surface area contributed by atoms with Gasteiger partial charge in [0.1, 0.15) is 17.9 Å². The highest BCUT2D eigenvalue weighted by Gasteiger charge is 2.37. The van der Waals surface area contributed by atoms with Crippen LogP contribution in [0.1, 0.15) is 16.7 Å². The van der Waals surface area contributed by atoms with Crippen molar-refractivity contribution >= 4 is 67.9 Å². The Morgan fingerprint density at radius 3 is 2.49 bits per heavy atom. The molecule has 5 rings (SSSR count). The fourth-order valence-electron chi connectivity index (χ4n) is 4.10. The summed E-state index contributed by atoms with van der Waals surface area (Å²) in [6.07, 6.45) is 1.49. The van der Waals surface area contributed by atoms with Crippen LogP contribution in [0, 0.1) is 6.92 Å². The van der Waals surface area contributed by atoms with Crippen molar-refractivity contribution in [2.24, 2.45) is 0 Å². The normalized spacial score (nSPS) is 14.8. The van der Waals surface area contributed by atoms with Gasteiger partial charge < -0.3 is 4.74 Å². The maximum Gasteiger partial charge on any atom is 0.335 e. The van der Waals surface area contributed by atoms with Gasteiger partial charge in [0.2, 0.25) is 0 Å². The summed E-state index contributed by atoms with van der Waals surface area (Å²) in [6, 6.07) is 22.9. The zero-order valence-corrected chi connectivity index (χ0v) is 22.0. The zero-order chi connectivity index (χ0) is 26.1. The van der Waals surface area contributed by atoms with Crippen LogP contribution in [-0.2, 0) is 16.2 Å². The van der Waals surface area contributed by atoms with Crippen molar-refractivity contribution in [2.75, 3.05) is 4.90 Å². The number of nitrogens with one attached hydrogen (secondary N) is 1. The van der Waals surface area contributed by atoms with E-state index in [9.17, 15) is 14.4 Å². The Hall–Kier alpha value is -3.94. The standard InChI is InChI=1S/C29H20BrClN2O4/c1-17-14-21(11-12-25(17)30)33-28(35)24(27(34)32-29(33)36)15-23-22-5-3-2-4-19(22)8-13-26(23)37-16-18-6-9-20(31)10-7-18/h2-15H,16H2,1H3,(H,32,34,36)/b24-15-. The smallest absolute Gasteiger partial charge is 0.335 e. The number of benzene rings is 4. The maximum atomic E-state index is 13.5. The van der Waals surface area contributed by atoms with Gasteiger partial charge in [0.15, 0.2) is 0 Å². The van der Waals surface area contributed by atoms with E-state index in [-0.39, 0.29) is 12.2 Å². The molecule has 1 fully saturated rings. The van der Waals surface area contributed by atoms with Gasteiger partial charge in [-0.1, -0.05) is 70.0 Å². The molecule has 6 nitrogen and oxygen atoms in total. The second-order valence-corrected chi connectivity index (χ2v) is 9.80. The number of aryl methyl sites for hydroxylation is 1. The Morgan fingerprint density at radius 2 is 1.73 bits per heavy atom. The van der Waals surface area contributed by atoms with Gasteiger partial charge in [0.25, 0.3) is 11.8 Å². The summed E-state index contributed by atoms with van der Waals surface area (Å²) in [5.41, 5.74) is 2.50. The van der Waals surface area contributed by atoms with Crippen molar-refractivity contribution in [3.8, 4) is 5.75 Å². The van der Waals surface area contributed by atoms with Gasteiger partial charge in [0, 0.05) is 15.1 Å². The lowest BCUT2D eigenvalue weighted by Gasteiger charge is -2.27. The molecule has 0 unspecified atom stereocenters. The summed E-state index contributed by atoms with van der Waals surface area (Å²) < 4.78 is 6.97. The number of fused-ring (bicyclic) bond motifs is 1. The molecular weight excluding hydrogens is 556 g/mol. The monoisotopic (exact) mass is 574 g/mol. The number of ether oxygens (including phenoxy) is 1. The van der Waals surface area contributed by atoms with Crippen LogP contribution in [0.2, 0.25) is 5.02 Å². The molecule has 1 aliphatic heterocycles. The lowest BCUT2D eigenvalue weighted by molar-refractivity contribution is -0.122. The Balaban J connectivity index is 1.58. The van der Waals surface area contributed by atoms with Crippen LogP contribution in [0.25, 0.3) is 16.8 Å². The molecule has 0 radical (unpaired) electrons. The maximum absolute atomic E-state index is 13.5. The molecule has 0 aromatic heterocycles. The lowest BCUT2D eigenvalue weighted by Crippen LogP contribution is -2.54. The van der Waals surface area contributed by atoms with E-state index in [0.717, 1.165) is 31.3 Å². The Bertz CT molecular complexity index is 1600. The minimum Gasteiger partial charge on any atom is -0.488 e. The van der Waals surface area contributed by atoms with Gasteiger partial charge in [0.05, 0.1) is 5.69 Å². The SMILES string of the molecule is Cc1cc(N2C(=O)NC(=O)/C(=C/c3c(OCc4ccc(Cl)cc4)ccc4ccccc34)C2=O)ccc1Br. The van der Waals surface area contributed by atoms with Crippen LogP contribution >= 0.6 is 27.5 Å². The van der Waals surface area contributed by atoms with Crippen molar-refractivity contribution in [1.29, 1.82) is 0 Å². The number of hydrogen-bond donors (Lipinski definition) is 1. The van der Waals surface area contributed by atoms with Crippen LogP contribution in [0.3, 0.4) is 0 Å². The highest BCUT2D eigenvalue weighted by molar-refractivity contribution is 9.10. The van der Waals surface area contributed by atoms with E-state index < -0.39 is 17.8 Å². The van der Waals surface area contributed by atoms with Crippen LogP contribution in [0.15, 0.2) is 88.9 Å². The van der Waals surface area contributed by atoms with Crippen LogP contribution < -0.4 is 15.0 Å². The molecule has 1 heterocycles.